The molecule has 0 fully saturated rings. The number of benzene rings is 1. The van der Waals surface area contributed by atoms with Crippen LogP contribution in [0.25, 0.3) is 0 Å². The van der Waals surface area contributed by atoms with E-state index in [0.717, 1.165) is 5.56 Å². The molecule has 0 bridgehead atoms. The van der Waals surface area contributed by atoms with E-state index >= 15 is 0 Å². The Morgan fingerprint density at radius 2 is 1.83 bits per heavy atom. The average Bonchev–Trinajstić information content (AvgIpc) is 2.45. The maximum absolute atomic E-state index is 12.9. The number of hydrogen-bond acceptors (Lipinski definition) is 5. The Bertz CT molecular complexity index is 696. The summed E-state index contributed by atoms with van der Waals surface area (Å²) in [5.74, 6) is -1.57. The third kappa shape index (κ3) is 4.42. The minimum atomic E-state index is -3.90. The zero-order chi connectivity index (χ0) is 17.8. The molecule has 0 aliphatic carbocycles. The molecule has 0 aliphatic rings. The lowest BCUT2D eigenvalue weighted by atomic mass is 10.0. The smallest absolute Gasteiger partial charge is 0.320 e. The number of carbonyl (C=O) groups is 1. The Balaban J connectivity index is 3.33. The summed E-state index contributed by atoms with van der Waals surface area (Å²) in [7, 11) is -3.90. The highest BCUT2D eigenvalue weighted by molar-refractivity contribution is 7.92. The van der Waals surface area contributed by atoms with Crippen LogP contribution < -0.4 is 17.2 Å². The molecule has 0 amide bonds. The van der Waals surface area contributed by atoms with Crippen molar-refractivity contribution in [2.24, 2.45) is 22.2 Å². The number of rotatable bonds is 7. The number of nitrogens with zero attached hydrogens (tertiary/aromatic N) is 1. The van der Waals surface area contributed by atoms with Gasteiger partial charge < -0.3 is 22.3 Å². The quantitative estimate of drug-likeness (QED) is 0.387. The van der Waals surface area contributed by atoms with Crippen molar-refractivity contribution in [3.63, 3.8) is 0 Å². The van der Waals surface area contributed by atoms with Crippen molar-refractivity contribution in [3.05, 3.63) is 29.8 Å². The van der Waals surface area contributed by atoms with Crippen LogP contribution >= 0.6 is 0 Å². The molecule has 8 nitrogen and oxygen atoms in total. The molecule has 1 aromatic carbocycles. The number of guanidine groups is 1. The van der Waals surface area contributed by atoms with Crippen LogP contribution in [-0.4, -0.2) is 42.8 Å². The number of aliphatic imine (C=N–C) groups is 1. The first-order valence-electron chi connectivity index (χ1n) is 6.85. The van der Waals surface area contributed by atoms with Gasteiger partial charge in [-0.2, -0.15) is 0 Å². The van der Waals surface area contributed by atoms with E-state index in [1.807, 2.05) is 6.92 Å². The largest absolute Gasteiger partial charge is 0.480 e. The Kier molecular flexibility index (Phi) is 5.73. The number of aliphatic carboxylic acids is 1. The van der Waals surface area contributed by atoms with Crippen molar-refractivity contribution >= 4 is 21.8 Å². The highest BCUT2D eigenvalue weighted by atomic mass is 32.2. The second kappa shape index (κ2) is 6.97. The van der Waals surface area contributed by atoms with Crippen LogP contribution in [0.3, 0.4) is 0 Å². The lowest BCUT2D eigenvalue weighted by Crippen LogP contribution is -2.47. The third-order valence-electron chi connectivity index (χ3n) is 3.55. The van der Waals surface area contributed by atoms with Crippen LogP contribution in [0.15, 0.2) is 34.2 Å². The first-order valence-corrected chi connectivity index (χ1v) is 8.33. The molecule has 0 radical (unpaired) electrons. The summed E-state index contributed by atoms with van der Waals surface area (Å²) in [6.45, 7) is 2.93. The molecular weight excluding hydrogens is 320 g/mol. The van der Waals surface area contributed by atoms with Crippen molar-refractivity contribution in [2.75, 3.05) is 6.54 Å². The molecule has 2 atom stereocenters. The van der Waals surface area contributed by atoms with Crippen molar-refractivity contribution in [2.45, 2.75) is 36.0 Å². The maximum atomic E-state index is 12.9. The lowest BCUT2D eigenvalue weighted by Gasteiger charge is -2.29. The van der Waals surface area contributed by atoms with Crippen molar-refractivity contribution < 1.29 is 18.3 Å². The molecule has 9 heteroatoms. The van der Waals surface area contributed by atoms with E-state index in [0.29, 0.717) is 0 Å². The van der Waals surface area contributed by atoms with Crippen molar-refractivity contribution in [3.8, 4) is 0 Å². The predicted molar refractivity (Wildman–Crippen MR) is 87.7 cm³/mol. The van der Waals surface area contributed by atoms with Crippen LogP contribution in [0.4, 0.5) is 0 Å². The van der Waals surface area contributed by atoms with E-state index < -0.39 is 26.6 Å². The van der Waals surface area contributed by atoms with Gasteiger partial charge in [0.1, 0.15) is 6.04 Å². The Hall–Kier alpha value is -2.13. The molecule has 0 spiro atoms. The van der Waals surface area contributed by atoms with Crippen LogP contribution in [-0.2, 0) is 14.6 Å². The van der Waals surface area contributed by atoms with Gasteiger partial charge in [0, 0.05) is 0 Å². The minimum Gasteiger partial charge on any atom is -0.480 e. The van der Waals surface area contributed by atoms with Gasteiger partial charge in [0.05, 0.1) is 16.2 Å². The highest BCUT2D eigenvalue weighted by Gasteiger charge is 2.42. The van der Waals surface area contributed by atoms with Crippen LogP contribution in [0.5, 0.6) is 0 Å². The van der Waals surface area contributed by atoms with Gasteiger partial charge in [-0.1, -0.05) is 17.7 Å². The highest BCUT2D eigenvalue weighted by Crippen LogP contribution is 2.30. The molecule has 1 aromatic rings. The van der Waals surface area contributed by atoms with E-state index in [1.54, 1.807) is 12.1 Å². The molecule has 0 heterocycles. The second-order valence-electron chi connectivity index (χ2n) is 5.66. The summed E-state index contributed by atoms with van der Waals surface area (Å²) in [5, 5.41) is 8.99. The summed E-state index contributed by atoms with van der Waals surface area (Å²) >= 11 is 0. The van der Waals surface area contributed by atoms with Gasteiger partial charge in [-0.05, 0) is 32.4 Å². The maximum Gasteiger partial charge on any atom is 0.320 e. The molecule has 7 N–H and O–H groups in total. The third-order valence-corrected chi connectivity index (χ3v) is 6.03. The fraction of sp³-hybridized carbons (Fsp3) is 0.429. The molecule has 128 valence electrons. The summed E-state index contributed by atoms with van der Waals surface area (Å²) < 4.78 is 24.3. The van der Waals surface area contributed by atoms with Gasteiger partial charge in [-0.25, -0.2) is 8.42 Å². The fourth-order valence-corrected chi connectivity index (χ4v) is 3.77. The van der Waals surface area contributed by atoms with Gasteiger partial charge in [0.15, 0.2) is 15.8 Å². The first kappa shape index (κ1) is 18.9. The fourth-order valence-electron chi connectivity index (χ4n) is 2.07. The van der Waals surface area contributed by atoms with Gasteiger partial charge in [0.25, 0.3) is 0 Å². The molecule has 23 heavy (non-hydrogen) atoms. The van der Waals surface area contributed by atoms with Crippen molar-refractivity contribution in [1.29, 1.82) is 0 Å². The van der Waals surface area contributed by atoms with Crippen LogP contribution in [0.1, 0.15) is 18.9 Å². The summed E-state index contributed by atoms with van der Waals surface area (Å²) in [6, 6.07) is 4.89. The predicted octanol–water partition coefficient (Wildman–Crippen LogP) is -0.397. The Labute approximate surface area is 135 Å². The molecule has 0 saturated heterocycles. The Morgan fingerprint density at radius 1 is 1.30 bits per heavy atom. The zero-order valence-electron chi connectivity index (χ0n) is 13.1. The van der Waals surface area contributed by atoms with Gasteiger partial charge >= 0.3 is 5.97 Å². The molecule has 0 saturated carbocycles. The number of carboxylic acids is 1. The number of carboxylic acid groups (broad SMARTS) is 1. The first-order chi connectivity index (χ1) is 10.5. The van der Waals surface area contributed by atoms with Gasteiger partial charge in [0.2, 0.25) is 0 Å². The van der Waals surface area contributed by atoms with E-state index in [1.165, 1.54) is 19.1 Å². The minimum absolute atomic E-state index is 0.0639. The number of nitrogens with two attached hydrogens (primary N) is 3. The topological polar surface area (TPSA) is 162 Å². The zero-order valence-corrected chi connectivity index (χ0v) is 13.9. The molecule has 2 unspecified atom stereocenters. The molecular formula is C14H22N4O4S. The number of aryl methyl sites for hydroxylation is 1. The van der Waals surface area contributed by atoms with Crippen molar-refractivity contribution in [1.82, 2.24) is 0 Å². The normalized spacial score (nSPS) is 15.4. The number of hydrogen-bond donors (Lipinski definition) is 4. The summed E-state index contributed by atoms with van der Waals surface area (Å²) in [4.78, 5) is 14.8. The average molecular weight is 342 g/mol. The molecule has 0 aliphatic heterocycles. The van der Waals surface area contributed by atoms with Gasteiger partial charge in [-0.3, -0.25) is 9.79 Å². The van der Waals surface area contributed by atoms with E-state index in [2.05, 4.69) is 4.99 Å². The lowest BCUT2D eigenvalue weighted by molar-refractivity contribution is -0.138. The number of sulfone groups is 1. The Morgan fingerprint density at radius 3 is 2.26 bits per heavy atom. The SMILES string of the molecule is Cc1ccc(S(=O)(=O)C(C)(CN=C(N)N)CC(N)C(=O)O)cc1. The summed E-state index contributed by atoms with van der Waals surface area (Å²) in [5.41, 5.74) is 17.0. The van der Waals surface area contributed by atoms with Gasteiger partial charge in [-0.15, -0.1) is 0 Å². The van der Waals surface area contributed by atoms with E-state index in [9.17, 15) is 13.2 Å². The second-order valence-corrected chi connectivity index (χ2v) is 8.12. The van der Waals surface area contributed by atoms with E-state index in [-0.39, 0.29) is 23.8 Å². The molecule has 1 rings (SSSR count). The van der Waals surface area contributed by atoms with E-state index in [4.69, 9.17) is 22.3 Å². The molecule has 0 aromatic heterocycles. The van der Waals surface area contributed by atoms with Crippen LogP contribution in [0, 0.1) is 6.92 Å². The van der Waals surface area contributed by atoms with Crippen LogP contribution in [0.2, 0.25) is 0 Å². The standard InChI is InChI=1S/C14H22N4O4S/c1-9-3-5-10(6-4-9)23(21,22)14(2,8-18-13(16)17)7-11(15)12(19)20/h3-6,11H,7-8,15H2,1-2H3,(H,19,20)(H4,16,17,18). The summed E-state index contributed by atoms with van der Waals surface area (Å²) in [6.07, 6.45) is -0.324. The monoisotopic (exact) mass is 342 g/mol.